The van der Waals surface area contributed by atoms with Crippen LogP contribution in [0.2, 0.25) is 0 Å². The molecule has 118 valence electrons. The molecule has 1 aromatic carbocycles. The van der Waals surface area contributed by atoms with Crippen LogP contribution in [0.1, 0.15) is 44.4 Å². The molecule has 0 spiro atoms. The fourth-order valence-corrected chi connectivity index (χ4v) is 2.00. The highest BCUT2D eigenvalue weighted by molar-refractivity contribution is 5.81. The van der Waals surface area contributed by atoms with Crippen LogP contribution in [-0.2, 0) is 11.0 Å². The van der Waals surface area contributed by atoms with Crippen molar-refractivity contribution in [3.63, 3.8) is 0 Å². The second-order valence-electron chi connectivity index (χ2n) is 5.59. The monoisotopic (exact) mass is 302 g/mol. The van der Waals surface area contributed by atoms with Gasteiger partial charge in [0.25, 0.3) is 0 Å². The number of alkyl halides is 3. The maximum absolute atomic E-state index is 12.7. The summed E-state index contributed by atoms with van der Waals surface area (Å²) in [6, 6.07) is 3.74. The molecule has 1 amide bonds. The van der Waals surface area contributed by atoms with Gasteiger partial charge in [0, 0.05) is 0 Å². The van der Waals surface area contributed by atoms with Gasteiger partial charge < -0.3 is 11.1 Å². The quantitative estimate of drug-likeness (QED) is 0.877. The molecule has 0 aromatic heterocycles. The van der Waals surface area contributed by atoms with Crippen molar-refractivity contribution in [2.75, 3.05) is 0 Å². The van der Waals surface area contributed by atoms with Crippen molar-refractivity contribution < 1.29 is 18.0 Å². The van der Waals surface area contributed by atoms with E-state index in [2.05, 4.69) is 5.32 Å². The van der Waals surface area contributed by atoms with Gasteiger partial charge in [-0.2, -0.15) is 13.2 Å². The van der Waals surface area contributed by atoms with E-state index >= 15 is 0 Å². The molecule has 21 heavy (non-hydrogen) atoms. The fourth-order valence-electron chi connectivity index (χ4n) is 2.00. The van der Waals surface area contributed by atoms with E-state index < -0.39 is 23.8 Å². The first-order chi connectivity index (χ1) is 9.61. The van der Waals surface area contributed by atoms with Gasteiger partial charge in [0.05, 0.1) is 17.6 Å². The van der Waals surface area contributed by atoms with E-state index in [4.69, 9.17) is 5.73 Å². The largest absolute Gasteiger partial charge is 0.416 e. The van der Waals surface area contributed by atoms with E-state index in [0.717, 1.165) is 12.1 Å². The SMILES string of the molecule is CC(C)CC(N)C(=O)NC(C)c1cccc(C(F)(F)F)c1. The first-order valence-electron chi connectivity index (χ1n) is 6.84. The zero-order valence-electron chi connectivity index (χ0n) is 12.4. The topological polar surface area (TPSA) is 55.1 Å². The number of carbonyl (C=O) groups is 1. The molecule has 3 N–H and O–H groups in total. The average Bonchev–Trinajstić information content (AvgIpc) is 2.37. The lowest BCUT2D eigenvalue weighted by atomic mass is 10.0. The summed E-state index contributed by atoms with van der Waals surface area (Å²) < 4.78 is 38.0. The molecule has 1 rings (SSSR count). The highest BCUT2D eigenvalue weighted by Gasteiger charge is 2.30. The van der Waals surface area contributed by atoms with Crippen molar-refractivity contribution in [2.24, 2.45) is 11.7 Å². The number of amides is 1. The third-order valence-electron chi connectivity index (χ3n) is 3.13. The Balaban J connectivity index is 2.76. The summed E-state index contributed by atoms with van der Waals surface area (Å²) in [6.45, 7) is 5.53. The van der Waals surface area contributed by atoms with Crippen molar-refractivity contribution in [1.82, 2.24) is 5.32 Å². The van der Waals surface area contributed by atoms with Crippen LogP contribution in [0.3, 0.4) is 0 Å². The van der Waals surface area contributed by atoms with Crippen LogP contribution in [-0.4, -0.2) is 11.9 Å². The van der Waals surface area contributed by atoms with Crippen molar-refractivity contribution in [2.45, 2.75) is 45.5 Å². The van der Waals surface area contributed by atoms with Crippen molar-refractivity contribution in [3.05, 3.63) is 35.4 Å². The Hall–Kier alpha value is -1.56. The normalized spacial score (nSPS) is 14.9. The predicted octanol–water partition coefficient (Wildman–Crippen LogP) is 3.26. The van der Waals surface area contributed by atoms with Gasteiger partial charge in [0.15, 0.2) is 0 Å². The molecule has 0 aliphatic rings. The van der Waals surface area contributed by atoms with E-state index in [1.54, 1.807) is 13.0 Å². The second kappa shape index (κ2) is 6.93. The van der Waals surface area contributed by atoms with Gasteiger partial charge in [-0.3, -0.25) is 4.79 Å². The smallest absolute Gasteiger partial charge is 0.348 e. The zero-order chi connectivity index (χ0) is 16.2. The number of halogens is 3. The van der Waals surface area contributed by atoms with Crippen LogP contribution in [0.15, 0.2) is 24.3 Å². The Labute approximate surface area is 122 Å². The Kier molecular flexibility index (Phi) is 5.78. The van der Waals surface area contributed by atoms with Gasteiger partial charge in [-0.15, -0.1) is 0 Å². The molecule has 0 fully saturated rings. The van der Waals surface area contributed by atoms with Crippen molar-refractivity contribution in [1.29, 1.82) is 0 Å². The third kappa shape index (κ3) is 5.38. The van der Waals surface area contributed by atoms with Gasteiger partial charge in [-0.25, -0.2) is 0 Å². The average molecular weight is 302 g/mol. The van der Waals surface area contributed by atoms with E-state index in [-0.39, 0.29) is 11.8 Å². The lowest BCUT2D eigenvalue weighted by Gasteiger charge is -2.19. The summed E-state index contributed by atoms with van der Waals surface area (Å²) in [6.07, 6.45) is -3.87. The van der Waals surface area contributed by atoms with Crippen molar-refractivity contribution >= 4 is 5.91 Å². The standard InChI is InChI=1S/C15H21F3N2O/c1-9(2)7-13(19)14(21)20-10(3)11-5-4-6-12(8-11)15(16,17)18/h4-6,8-10,13H,7,19H2,1-3H3,(H,20,21). The summed E-state index contributed by atoms with van der Waals surface area (Å²) in [4.78, 5) is 11.9. The molecule has 0 saturated heterocycles. The molecule has 0 bridgehead atoms. The van der Waals surface area contributed by atoms with Gasteiger partial charge in [-0.05, 0) is 37.0 Å². The molecule has 2 unspecified atom stereocenters. The minimum absolute atomic E-state index is 0.273. The number of carbonyl (C=O) groups excluding carboxylic acids is 1. The third-order valence-corrected chi connectivity index (χ3v) is 3.13. The lowest BCUT2D eigenvalue weighted by Crippen LogP contribution is -2.42. The highest BCUT2D eigenvalue weighted by atomic mass is 19.4. The number of nitrogens with two attached hydrogens (primary N) is 1. The van der Waals surface area contributed by atoms with Crippen LogP contribution in [0, 0.1) is 5.92 Å². The predicted molar refractivity (Wildman–Crippen MR) is 75.4 cm³/mol. The molecule has 0 radical (unpaired) electrons. The van der Waals surface area contributed by atoms with Gasteiger partial charge in [0.2, 0.25) is 5.91 Å². The number of benzene rings is 1. The zero-order valence-corrected chi connectivity index (χ0v) is 12.4. The molecule has 0 heterocycles. The van der Waals surface area contributed by atoms with Crippen LogP contribution in [0.25, 0.3) is 0 Å². The van der Waals surface area contributed by atoms with E-state index in [0.29, 0.717) is 12.0 Å². The Morgan fingerprint density at radius 3 is 2.43 bits per heavy atom. The number of hydrogen-bond acceptors (Lipinski definition) is 2. The molecule has 2 atom stereocenters. The molecular weight excluding hydrogens is 281 g/mol. The van der Waals surface area contributed by atoms with Gasteiger partial charge in [-0.1, -0.05) is 26.0 Å². The maximum Gasteiger partial charge on any atom is 0.416 e. The molecule has 3 nitrogen and oxygen atoms in total. The minimum atomic E-state index is -4.40. The molecule has 0 aliphatic heterocycles. The van der Waals surface area contributed by atoms with Crippen LogP contribution in [0.5, 0.6) is 0 Å². The van der Waals surface area contributed by atoms with Crippen LogP contribution >= 0.6 is 0 Å². The summed E-state index contributed by atoms with van der Waals surface area (Å²) in [5.41, 5.74) is 5.42. The van der Waals surface area contributed by atoms with Crippen LogP contribution < -0.4 is 11.1 Å². The van der Waals surface area contributed by atoms with Gasteiger partial charge >= 0.3 is 6.18 Å². The molecule has 0 saturated carbocycles. The summed E-state index contributed by atoms with van der Waals surface area (Å²) in [5.74, 6) is -0.0803. The Morgan fingerprint density at radius 2 is 1.90 bits per heavy atom. The number of rotatable bonds is 5. The second-order valence-corrected chi connectivity index (χ2v) is 5.59. The molecule has 0 aliphatic carbocycles. The van der Waals surface area contributed by atoms with Crippen LogP contribution in [0.4, 0.5) is 13.2 Å². The Morgan fingerprint density at radius 1 is 1.29 bits per heavy atom. The van der Waals surface area contributed by atoms with E-state index in [1.165, 1.54) is 6.07 Å². The van der Waals surface area contributed by atoms with E-state index in [1.807, 2.05) is 13.8 Å². The number of hydrogen-bond donors (Lipinski definition) is 2. The van der Waals surface area contributed by atoms with Crippen molar-refractivity contribution in [3.8, 4) is 0 Å². The minimum Gasteiger partial charge on any atom is -0.348 e. The number of nitrogens with one attached hydrogen (secondary N) is 1. The fraction of sp³-hybridized carbons (Fsp3) is 0.533. The first kappa shape index (κ1) is 17.5. The molecule has 6 heteroatoms. The van der Waals surface area contributed by atoms with E-state index in [9.17, 15) is 18.0 Å². The Bertz CT molecular complexity index is 486. The summed E-state index contributed by atoms with van der Waals surface area (Å²) >= 11 is 0. The lowest BCUT2D eigenvalue weighted by molar-refractivity contribution is -0.137. The summed E-state index contributed by atoms with van der Waals surface area (Å²) in [5, 5.41) is 2.65. The summed E-state index contributed by atoms with van der Waals surface area (Å²) in [7, 11) is 0. The molecular formula is C15H21F3N2O. The first-order valence-corrected chi connectivity index (χ1v) is 6.84. The molecule has 1 aromatic rings. The highest BCUT2D eigenvalue weighted by Crippen LogP contribution is 2.30. The van der Waals surface area contributed by atoms with Gasteiger partial charge in [0.1, 0.15) is 0 Å². The maximum atomic E-state index is 12.7.